The van der Waals surface area contributed by atoms with Crippen molar-refractivity contribution in [1.82, 2.24) is 0 Å². The van der Waals surface area contributed by atoms with E-state index in [-0.39, 0.29) is 5.82 Å². The Morgan fingerprint density at radius 1 is 0.500 bits per heavy atom. The van der Waals surface area contributed by atoms with Crippen LogP contribution in [-0.2, 0) is 0 Å². The Morgan fingerprint density at radius 2 is 1.06 bits per heavy atom. The van der Waals surface area contributed by atoms with E-state index in [1.54, 1.807) is 18.2 Å². The fourth-order valence-corrected chi connectivity index (χ4v) is 12.0. The molecule has 0 radical (unpaired) electrons. The van der Waals surface area contributed by atoms with E-state index in [0.29, 0.717) is 5.56 Å². The molecule has 1 aliphatic rings. The van der Waals surface area contributed by atoms with Crippen LogP contribution in [0.25, 0.3) is 59.6 Å². The van der Waals surface area contributed by atoms with Crippen molar-refractivity contribution in [2.24, 2.45) is 0 Å². The van der Waals surface area contributed by atoms with Gasteiger partial charge in [-0.25, -0.2) is 4.39 Å². The van der Waals surface area contributed by atoms with Gasteiger partial charge in [-0.15, -0.1) is 21.8 Å². The Hall–Kier alpha value is -7.82. The highest BCUT2D eigenvalue weighted by Crippen LogP contribution is 2.58. The molecular weight excluding hydrogens is 822 g/mol. The van der Waals surface area contributed by atoms with E-state index in [4.69, 9.17) is 5.87 Å². The predicted molar refractivity (Wildman–Crippen MR) is 271 cm³/mol. The Bertz CT molecular complexity index is 3510. The lowest BCUT2D eigenvalue weighted by atomic mass is 9.90. The van der Waals surface area contributed by atoms with Gasteiger partial charge < -0.3 is 9.80 Å². The lowest BCUT2D eigenvalue weighted by molar-refractivity contribution is 0.628. The summed E-state index contributed by atoms with van der Waals surface area (Å²) < 4.78 is 17.0. The molecule has 0 fully saturated rings. The summed E-state index contributed by atoms with van der Waals surface area (Å²) >= 11 is 1.82. The van der Waals surface area contributed by atoms with Crippen LogP contribution in [0.4, 0.5) is 38.5 Å². The topological polar surface area (TPSA) is 30.3 Å². The molecule has 0 amide bonds. The molecule has 1 unspecified atom stereocenters. The van der Waals surface area contributed by atoms with Crippen LogP contribution in [0.15, 0.2) is 217 Å². The lowest BCUT2D eigenvalue weighted by Crippen LogP contribution is -2.11. The zero-order chi connectivity index (χ0) is 43.3. The van der Waals surface area contributed by atoms with Crippen LogP contribution in [0.1, 0.15) is 11.1 Å². The minimum absolute atomic E-state index is 0.317. The first-order valence-corrected chi connectivity index (χ1v) is 23.2. The van der Waals surface area contributed by atoms with E-state index in [2.05, 4.69) is 174 Å². The number of hydrogen-bond acceptors (Lipinski definition) is 4. The molecule has 1 aliphatic heterocycles. The maximum absolute atomic E-state index is 14.6. The van der Waals surface area contributed by atoms with Gasteiger partial charge in [0.2, 0.25) is 0 Å². The van der Waals surface area contributed by atoms with E-state index < -0.39 is 10.5 Å². The second kappa shape index (κ2) is 16.1. The van der Waals surface area contributed by atoms with E-state index in [1.807, 2.05) is 35.6 Å². The molecule has 6 heteroatoms. The van der Waals surface area contributed by atoms with Crippen molar-refractivity contribution in [1.29, 1.82) is 5.26 Å². The number of fused-ring (bicyclic) bond motifs is 6. The number of halogens is 1. The SMILES string of the molecule is C=Cc1ccc(N(c2ccccc2)c2cc(-c3ccccc3-c3cc(N(c4ccc(F)cc4)c4cccc(C#N)c4)cc4c3S(=C)c3ccccc3-4)c3sc4ccccc4c3c2)cc1. The van der Waals surface area contributed by atoms with E-state index in [9.17, 15) is 9.65 Å². The third-order valence-corrected chi connectivity index (χ3v) is 15.0. The van der Waals surface area contributed by atoms with Crippen molar-refractivity contribution in [2.75, 3.05) is 9.80 Å². The summed E-state index contributed by atoms with van der Waals surface area (Å²) in [6.07, 6.45) is 1.87. The molecule has 0 spiro atoms. The summed E-state index contributed by atoms with van der Waals surface area (Å²) in [6.45, 7) is 4.01. The third-order valence-electron chi connectivity index (χ3n) is 12.0. The monoisotopic (exact) mass is 859 g/mol. The standard InChI is InChI=1S/C58H38FN3S2/c1-3-38-24-28-42(29-25-38)61(41-15-5-4-6-16-41)45-33-51(57-52(34-45)49-20-9-11-22-55(49)63-57)47-18-7-8-19-48(47)53-35-46(36-54-50-21-10-12-23-56(50)64(2)58(53)54)62(43-30-26-40(59)27-31-43)44-17-13-14-39(32-44)37-60/h3-36H,1-2H2. The van der Waals surface area contributed by atoms with Gasteiger partial charge in [0, 0.05) is 69.7 Å². The Morgan fingerprint density at radius 3 is 1.80 bits per heavy atom. The summed E-state index contributed by atoms with van der Waals surface area (Å²) in [5, 5.41) is 12.4. The highest BCUT2D eigenvalue weighted by Gasteiger charge is 2.29. The van der Waals surface area contributed by atoms with E-state index in [0.717, 1.165) is 73.1 Å². The highest BCUT2D eigenvalue weighted by molar-refractivity contribution is 8.14. The number of nitrogens with zero attached hydrogens (tertiary/aromatic N) is 3. The number of hydrogen-bond donors (Lipinski definition) is 0. The van der Waals surface area contributed by atoms with Gasteiger partial charge in [0.1, 0.15) is 5.82 Å². The molecule has 1 aromatic heterocycles. The minimum Gasteiger partial charge on any atom is -0.310 e. The molecule has 3 nitrogen and oxygen atoms in total. The van der Waals surface area contributed by atoms with Gasteiger partial charge in [-0.3, -0.25) is 0 Å². The van der Waals surface area contributed by atoms with Gasteiger partial charge in [-0.2, -0.15) is 5.26 Å². The van der Waals surface area contributed by atoms with Gasteiger partial charge in [0.05, 0.1) is 11.6 Å². The molecule has 0 saturated heterocycles. The molecule has 9 aromatic carbocycles. The molecule has 1 atom stereocenters. The Labute approximate surface area is 378 Å². The normalized spacial score (nSPS) is 12.7. The first-order chi connectivity index (χ1) is 31.5. The first-order valence-electron chi connectivity index (χ1n) is 21.0. The van der Waals surface area contributed by atoms with Gasteiger partial charge in [-0.05, 0) is 137 Å². The van der Waals surface area contributed by atoms with Crippen molar-refractivity contribution in [2.45, 2.75) is 9.79 Å². The van der Waals surface area contributed by atoms with Gasteiger partial charge >= 0.3 is 0 Å². The maximum atomic E-state index is 14.6. The van der Waals surface area contributed by atoms with Crippen molar-refractivity contribution < 1.29 is 4.39 Å². The van der Waals surface area contributed by atoms with Crippen molar-refractivity contribution >= 4 is 88.1 Å². The van der Waals surface area contributed by atoms with Crippen molar-refractivity contribution in [3.63, 3.8) is 0 Å². The van der Waals surface area contributed by atoms with Gasteiger partial charge in [0.15, 0.2) is 0 Å². The lowest BCUT2D eigenvalue weighted by Gasteiger charge is -2.28. The highest BCUT2D eigenvalue weighted by atomic mass is 32.2. The predicted octanol–water partition coefficient (Wildman–Crippen LogP) is 17.1. The van der Waals surface area contributed by atoms with Crippen LogP contribution in [0.5, 0.6) is 0 Å². The number of thiophene rings is 1. The number of anilines is 6. The third kappa shape index (κ3) is 6.70. The van der Waals surface area contributed by atoms with Crippen LogP contribution in [0.2, 0.25) is 0 Å². The summed E-state index contributed by atoms with van der Waals surface area (Å²) in [4.78, 5) is 6.83. The van der Waals surface area contributed by atoms with E-state index >= 15 is 0 Å². The first kappa shape index (κ1) is 39.1. The molecule has 0 aliphatic carbocycles. The summed E-state index contributed by atoms with van der Waals surface area (Å²) in [6, 6.07) is 70.7. The van der Waals surface area contributed by atoms with Crippen molar-refractivity contribution in [3.05, 3.63) is 224 Å². The zero-order valence-electron chi connectivity index (χ0n) is 34.6. The second-order valence-electron chi connectivity index (χ2n) is 15.7. The van der Waals surface area contributed by atoms with Crippen LogP contribution >= 0.6 is 21.8 Å². The fraction of sp³-hybridized carbons (Fsp3) is 0. The molecule has 11 rings (SSSR count). The molecule has 64 heavy (non-hydrogen) atoms. The Kier molecular flexibility index (Phi) is 9.85. The molecule has 0 saturated carbocycles. The smallest absolute Gasteiger partial charge is 0.123 e. The quantitative estimate of drug-likeness (QED) is 0.135. The van der Waals surface area contributed by atoms with Crippen LogP contribution < -0.4 is 9.80 Å². The number of para-hydroxylation sites is 1. The van der Waals surface area contributed by atoms with Crippen LogP contribution in [0, 0.1) is 17.1 Å². The van der Waals surface area contributed by atoms with Crippen molar-refractivity contribution in [3.8, 4) is 39.4 Å². The fourth-order valence-electron chi connectivity index (χ4n) is 9.05. The average Bonchev–Trinajstić information content (AvgIpc) is 3.87. The molecule has 10 aromatic rings. The summed E-state index contributed by atoms with van der Waals surface area (Å²) in [5.41, 5.74) is 13.8. The van der Waals surface area contributed by atoms with Gasteiger partial charge in [0.25, 0.3) is 0 Å². The zero-order valence-corrected chi connectivity index (χ0v) is 36.2. The van der Waals surface area contributed by atoms with Crippen LogP contribution in [-0.4, -0.2) is 5.87 Å². The van der Waals surface area contributed by atoms with Gasteiger partial charge in [-0.1, -0.05) is 116 Å². The number of nitriles is 1. The molecule has 2 heterocycles. The summed E-state index contributed by atoms with van der Waals surface area (Å²) in [5.74, 6) is 4.54. The number of benzene rings is 9. The molecular formula is C58H38FN3S2. The second-order valence-corrected chi connectivity index (χ2v) is 18.4. The Balaban J connectivity index is 1.20. The minimum atomic E-state index is -0.496. The average molecular weight is 860 g/mol. The summed E-state index contributed by atoms with van der Waals surface area (Å²) in [7, 11) is -0.496. The maximum Gasteiger partial charge on any atom is 0.123 e. The number of rotatable bonds is 9. The van der Waals surface area contributed by atoms with Crippen LogP contribution in [0.3, 0.4) is 0 Å². The molecule has 304 valence electrons. The molecule has 0 bridgehead atoms. The largest absolute Gasteiger partial charge is 0.310 e. The van der Waals surface area contributed by atoms with E-state index in [1.165, 1.54) is 42.1 Å². The molecule has 0 N–H and O–H groups in total.